The highest BCUT2D eigenvalue weighted by molar-refractivity contribution is 7.92. The van der Waals surface area contributed by atoms with Crippen molar-refractivity contribution in [2.75, 3.05) is 29.0 Å². The van der Waals surface area contributed by atoms with Gasteiger partial charge in [0.05, 0.1) is 17.9 Å². The first kappa shape index (κ1) is 29.7. The summed E-state index contributed by atoms with van der Waals surface area (Å²) in [4.78, 5) is 17.9. The highest BCUT2D eigenvalue weighted by Crippen LogP contribution is 2.37. The minimum Gasteiger partial charge on any atom is -0.356 e. The van der Waals surface area contributed by atoms with Crippen LogP contribution in [0.5, 0.6) is 0 Å². The Morgan fingerprint density at radius 2 is 1.74 bits per heavy atom. The molecule has 6 nitrogen and oxygen atoms in total. The Bertz CT molecular complexity index is 1270. The zero-order chi connectivity index (χ0) is 28.5. The number of aromatic nitrogens is 1. The van der Waals surface area contributed by atoms with Crippen molar-refractivity contribution in [1.82, 2.24) is 4.98 Å². The largest absolute Gasteiger partial charge is 0.433 e. The summed E-state index contributed by atoms with van der Waals surface area (Å²) >= 11 is 0. The summed E-state index contributed by atoms with van der Waals surface area (Å²) in [6.45, 7) is 1.24. The second-order valence-corrected chi connectivity index (χ2v) is 11.0. The van der Waals surface area contributed by atoms with Crippen molar-refractivity contribution < 1.29 is 43.9 Å². The van der Waals surface area contributed by atoms with E-state index in [-0.39, 0.29) is 67.2 Å². The SMILES string of the molecule is CC(C(=O)CCc1ccc(C(F)(F)F)nc1N1CCC(C(F)(F)F)CC1)c1ccc(NS(C)(=O)=O)c(F)c1. The van der Waals surface area contributed by atoms with Crippen LogP contribution in [0.15, 0.2) is 30.3 Å². The van der Waals surface area contributed by atoms with Crippen LogP contribution in [0.1, 0.15) is 48.9 Å². The van der Waals surface area contributed by atoms with E-state index in [1.54, 1.807) is 0 Å². The molecule has 1 aliphatic rings. The van der Waals surface area contributed by atoms with Crippen LogP contribution in [-0.2, 0) is 27.4 Å². The lowest BCUT2D eigenvalue weighted by Crippen LogP contribution is -2.40. The third-order valence-electron chi connectivity index (χ3n) is 6.42. The summed E-state index contributed by atoms with van der Waals surface area (Å²) in [7, 11) is -3.72. The predicted octanol–water partition coefficient (Wildman–Crippen LogP) is 5.70. The lowest BCUT2D eigenvalue weighted by molar-refractivity contribution is -0.179. The van der Waals surface area contributed by atoms with Gasteiger partial charge in [-0.2, -0.15) is 26.3 Å². The number of benzene rings is 1. The van der Waals surface area contributed by atoms with Gasteiger partial charge < -0.3 is 4.90 Å². The average molecular weight is 570 g/mol. The lowest BCUT2D eigenvalue weighted by Gasteiger charge is -2.35. The fourth-order valence-corrected chi connectivity index (χ4v) is 4.83. The summed E-state index contributed by atoms with van der Waals surface area (Å²) in [5.74, 6) is -3.72. The maximum atomic E-state index is 14.3. The molecule has 0 radical (unpaired) electrons. The molecule has 210 valence electrons. The summed E-state index contributed by atoms with van der Waals surface area (Å²) in [5, 5.41) is 0. The lowest BCUT2D eigenvalue weighted by atomic mass is 9.92. The molecule has 2 aromatic rings. The van der Waals surface area contributed by atoms with Crippen molar-refractivity contribution in [2.45, 2.75) is 50.9 Å². The van der Waals surface area contributed by atoms with Gasteiger partial charge >= 0.3 is 12.4 Å². The molecule has 1 unspecified atom stereocenters. The van der Waals surface area contributed by atoms with E-state index >= 15 is 0 Å². The van der Waals surface area contributed by atoms with Gasteiger partial charge in [0, 0.05) is 25.4 Å². The molecular formula is C24H26F7N3O3S. The standard InChI is InChI=1S/C24H26F7N3O3S/c1-14(16-3-6-19(18(25)13-16)33-38(2,36)37)20(35)7-4-15-5-8-21(24(29,30)31)32-22(15)34-11-9-17(10-12-34)23(26,27)28/h3,5-6,8,13-14,17,33H,4,7,9-12H2,1-2H3. The van der Waals surface area contributed by atoms with Crippen molar-refractivity contribution >= 4 is 27.3 Å². The summed E-state index contributed by atoms with van der Waals surface area (Å²) in [5.41, 5.74) is -0.924. The van der Waals surface area contributed by atoms with Gasteiger partial charge in [-0.05, 0) is 48.6 Å². The summed E-state index contributed by atoms with van der Waals surface area (Å²) in [6, 6.07) is 5.52. The van der Waals surface area contributed by atoms with Crippen molar-refractivity contribution in [2.24, 2.45) is 5.92 Å². The molecule has 1 fully saturated rings. The van der Waals surface area contributed by atoms with Crippen LogP contribution in [0, 0.1) is 11.7 Å². The molecule has 0 spiro atoms. The van der Waals surface area contributed by atoms with Gasteiger partial charge in [-0.15, -0.1) is 0 Å². The number of sulfonamides is 1. The van der Waals surface area contributed by atoms with Crippen molar-refractivity contribution in [3.05, 3.63) is 53.0 Å². The van der Waals surface area contributed by atoms with Crippen LogP contribution < -0.4 is 9.62 Å². The molecule has 1 aromatic heterocycles. The number of aryl methyl sites for hydroxylation is 1. The van der Waals surface area contributed by atoms with Gasteiger partial charge in [0.15, 0.2) is 0 Å². The fraction of sp³-hybridized carbons (Fsp3) is 0.500. The van der Waals surface area contributed by atoms with E-state index < -0.39 is 45.7 Å². The van der Waals surface area contributed by atoms with E-state index in [4.69, 9.17) is 0 Å². The zero-order valence-corrected chi connectivity index (χ0v) is 21.3. The van der Waals surface area contributed by atoms with Crippen LogP contribution in [-0.4, -0.2) is 44.7 Å². The second-order valence-electron chi connectivity index (χ2n) is 9.28. The molecule has 38 heavy (non-hydrogen) atoms. The van der Waals surface area contributed by atoms with E-state index in [0.29, 0.717) is 0 Å². The maximum Gasteiger partial charge on any atom is 0.433 e. The minimum atomic E-state index is -4.76. The van der Waals surface area contributed by atoms with Gasteiger partial charge in [-0.3, -0.25) is 9.52 Å². The number of nitrogens with one attached hydrogen (secondary N) is 1. The van der Waals surface area contributed by atoms with Gasteiger partial charge in [0.25, 0.3) is 0 Å². The summed E-state index contributed by atoms with van der Waals surface area (Å²) in [6.07, 6.45) is -9.04. The Balaban J connectivity index is 1.76. The zero-order valence-electron chi connectivity index (χ0n) is 20.5. The Morgan fingerprint density at radius 3 is 2.26 bits per heavy atom. The summed E-state index contributed by atoms with van der Waals surface area (Å²) < 4.78 is 118. The first-order valence-corrected chi connectivity index (χ1v) is 13.5. The third kappa shape index (κ3) is 7.58. The number of Topliss-reactive ketones (excluding diaryl/α,β-unsaturated/α-hetero) is 1. The monoisotopic (exact) mass is 569 g/mol. The van der Waals surface area contributed by atoms with Crippen LogP contribution in [0.2, 0.25) is 0 Å². The van der Waals surface area contributed by atoms with E-state index in [1.165, 1.54) is 30.0 Å². The number of nitrogens with zero attached hydrogens (tertiary/aromatic N) is 2. The predicted molar refractivity (Wildman–Crippen MR) is 127 cm³/mol. The highest BCUT2D eigenvalue weighted by atomic mass is 32.2. The van der Waals surface area contributed by atoms with Crippen molar-refractivity contribution in [3.63, 3.8) is 0 Å². The number of ketones is 1. The van der Waals surface area contributed by atoms with Crippen LogP contribution in [0.4, 0.5) is 42.2 Å². The molecule has 1 N–H and O–H groups in total. The topological polar surface area (TPSA) is 79.4 Å². The van der Waals surface area contributed by atoms with Crippen LogP contribution >= 0.6 is 0 Å². The van der Waals surface area contributed by atoms with E-state index in [9.17, 15) is 43.9 Å². The Morgan fingerprint density at radius 1 is 1.11 bits per heavy atom. The van der Waals surface area contributed by atoms with Gasteiger partial charge in [-0.1, -0.05) is 19.1 Å². The van der Waals surface area contributed by atoms with Gasteiger partial charge in [0.1, 0.15) is 23.1 Å². The molecule has 3 rings (SSSR count). The number of rotatable bonds is 8. The third-order valence-corrected chi connectivity index (χ3v) is 7.01. The number of carbonyl (C=O) groups excluding carboxylic acids is 1. The number of alkyl halides is 6. The number of hydrogen-bond donors (Lipinski definition) is 1. The molecule has 1 aromatic carbocycles. The molecule has 14 heteroatoms. The van der Waals surface area contributed by atoms with Crippen molar-refractivity contribution in [3.8, 4) is 0 Å². The molecule has 0 aliphatic carbocycles. The molecule has 0 saturated carbocycles. The Labute approximate surface area is 215 Å². The molecular weight excluding hydrogens is 543 g/mol. The van der Waals surface area contributed by atoms with Gasteiger partial charge in [-0.25, -0.2) is 17.8 Å². The average Bonchev–Trinajstić information content (AvgIpc) is 2.81. The molecule has 1 saturated heterocycles. The quantitative estimate of drug-likeness (QED) is 0.413. The first-order chi connectivity index (χ1) is 17.5. The normalized spacial score (nSPS) is 16.4. The maximum absolute atomic E-state index is 14.3. The van der Waals surface area contributed by atoms with E-state index in [0.717, 1.165) is 18.4 Å². The number of carbonyl (C=O) groups is 1. The number of pyridine rings is 1. The number of piperidine rings is 1. The molecule has 1 aliphatic heterocycles. The van der Waals surface area contributed by atoms with Crippen molar-refractivity contribution in [1.29, 1.82) is 0 Å². The molecule has 0 bridgehead atoms. The van der Waals surface area contributed by atoms with Gasteiger partial charge in [0.2, 0.25) is 10.0 Å². The Hall–Kier alpha value is -2.90. The number of hydrogen-bond acceptors (Lipinski definition) is 5. The van der Waals surface area contributed by atoms with E-state index in [2.05, 4.69) is 4.98 Å². The first-order valence-electron chi connectivity index (χ1n) is 11.6. The van der Waals surface area contributed by atoms with Crippen LogP contribution in [0.25, 0.3) is 0 Å². The second kappa shape index (κ2) is 11.1. The van der Waals surface area contributed by atoms with Crippen LogP contribution in [0.3, 0.4) is 0 Å². The minimum absolute atomic E-state index is 0.0287. The fourth-order valence-electron chi connectivity index (χ4n) is 4.27. The highest BCUT2D eigenvalue weighted by Gasteiger charge is 2.42. The van der Waals surface area contributed by atoms with E-state index in [1.807, 2.05) is 4.72 Å². The molecule has 0 amide bonds. The number of anilines is 2. The Kier molecular flexibility index (Phi) is 8.64. The molecule has 2 heterocycles. The molecule has 1 atom stereocenters. The number of halogens is 7. The smallest absolute Gasteiger partial charge is 0.356 e.